The largest absolute Gasteiger partial charge is 0.368 e. The Bertz CT molecular complexity index is 156. The van der Waals surface area contributed by atoms with Crippen molar-refractivity contribution in [2.75, 3.05) is 6.54 Å². The average Bonchev–Trinajstić information content (AvgIpc) is 2.14. The van der Waals surface area contributed by atoms with Gasteiger partial charge in [-0.1, -0.05) is 0 Å². The molecule has 0 spiro atoms. The van der Waals surface area contributed by atoms with E-state index in [0.717, 1.165) is 0 Å². The molecule has 0 radical (unpaired) electrons. The van der Waals surface area contributed by atoms with Crippen LogP contribution in [-0.2, 0) is 4.79 Å². The van der Waals surface area contributed by atoms with Gasteiger partial charge in [0.05, 0.1) is 0 Å². The number of rotatable bonds is 1. The summed E-state index contributed by atoms with van der Waals surface area (Å²) < 4.78 is 0. The van der Waals surface area contributed by atoms with Crippen LogP contribution in [0, 0.1) is 0 Å². The van der Waals surface area contributed by atoms with Crippen LogP contribution in [0.15, 0.2) is 0 Å². The molecule has 0 saturated carbocycles. The van der Waals surface area contributed by atoms with E-state index in [1.807, 2.05) is 0 Å². The molecule has 9 heavy (non-hydrogen) atoms. The molecule has 5 heteroatoms. The molecule has 1 rings (SSSR count). The Kier molecular flexibility index (Phi) is 1.26. The molecule has 5 nitrogen and oxygen atoms in total. The van der Waals surface area contributed by atoms with Crippen LogP contribution < -0.4 is 16.4 Å². The van der Waals surface area contributed by atoms with Gasteiger partial charge in [-0.3, -0.25) is 4.79 Å². The second-order valence-corrected chi connectivity index (χ2v) is 1.81. The molecule has 1 heterocycles. The molecule has 0 unspecified atom stereocenters. The summed E-state index contributed by atoms with van der Waals surface area (Å²) in [5, 5.41) is 4.73. The van der Waals surface area contributed by atoms with Gasteiger partial charge in [-0.2, -0.15) is 0 Å². The van der Waals surface area contributed by atoms with Crippen molar-refractivity contribution >= 4 is 11.9 Å². The molecule has 0 aliphatic carbocycles. The number of carbonyl (C=O) groups excluding carboxylic acids is 2. The number of primary amides is 1. The monoisotopic (exact) mass is 129 g/mol. The quantitative estimate of drug-likeness (QED) is 0.388. The van der Waals surface area contributed by atoms with Gasteiger partial charge in [0.15, 0.2) is 0 Å². The van der Waals surface area contributed by atoms with Crippen LogP contribution in [0.5, 0.6) is 0 Å². The lowest BCUT2D eigenvalue weighted by atomic mass is 10.3. The van der Waals surface area contributed by atoms with Gasteiger partial charge in [0.25, 0.3) is 0 Å². The van der Waals surface area contributed by atoms with Gasteiger partial charge in [-0.25, -0.2) is 4.79 Å². The zero-order valence-electron chi connectivity index (χ0n) is 4.68. The van der Waals surface area contributed by atoms with Gasteiger partial charge < -0.3 is 16.4 Å². The van der Waals surface area contributed by atoms with Gasteiger partial charge in [0.1, 0.15) is 6.04 Å². The second kappa shape index (κ2) is 1.93. The maximum atomic E-state index is 10.3. The lowest BCUT2D eigenvalue weighted by Gasteiger charge is -1.99. The number of nitrogens with two attached hydrogens (primary N) is 1. The third kappa shape index (κ3) is 1.10. The molecule has 0 aromatic rings. The summed E-state index contributed by atoms with van der Waals surface area (Å²) in [6.45, 7) is 0.300. The van der Waals surface area contributed by atoms with Crippen LogP contribution in [0.3, 0.4) is 0 Å². The lowest BCUT2D eigenvalue weighted by Crippen LogP contribution is -2.39. The Balaban J connectivity index is 2.48. The van der Waals surface area contributed by atoms with Gasteiger partial charge in [-0.15, -0.1) is 0 Å². The molecule has 0 bridgehead atoms. The van der Waals surface area contributed by atoms with Gasteiger partial charge in [-0.05, 0) is 0 Å². The van der Waals surface area contributed by atoms with E-state index in [9.17, 15) is 9.59 Å². The van der Waals surface area contributed by atoms with Crippen molar-refractivity contribution in [3.05, 3.63) is 0 Å². The minimum atomic E-state index is -0.530. The highest BCUT2D eigenvalue weighted by atomic mass is 16.2. The number of hydrogen-bond acceptors (Lipinski definition) is 2. The molecule has 1 aliphatic rings. The van der Waals surface area contributed by atoms with E-state index in [1.165, 1.54) is 0 Å². The van der Waals surface area contributed by atoms with Crippen LogP contribution >= 0.6 is 0 Å². The van der Waals surface area contributed by atoms with E-state index in [4.69, 9.17) is 5.73 Å². The summed E-state index contributed by atoms with van der Waals surface area (Å²) >= 11 is 0. The number of nitrogens with one attached hydrogen (secondary N) is 2. The number of hydrogen-bond donors (Lipinski definition) is 3. The predicted octanol–water partition coefficient (Wildman–Crippen LogP) is -1.85. The molecule has 1 fully saturated rings. The highest BCUT2D eigenvalue weighted by molar-refractivity contribution is 5.89. The number of urea groups is 1. The lowest BCUT2D eigenvalue weighted by molar-refractivity contribution is -0.119. The summed E-state index contributed by atoms with van der Waals surface area (Å²) in [7, 11) is 0. The van der Waals surface area contributed by atoms with E-state index in [-0.39, 0.29) is 6.03 Å². The van der Waals surface area contributed by atoms with Gasteiger partial charge in [0, 0.05) is 6.54 Å². The molecule has 1 atom stereocenters. The standard InChI is InChI=1S/C4H7N3O2/c5-3(8)2-1-6-4(9)7-2/h2H,1H2,(H2,5,8)(H2,6,7,9)/t2-/m1/s1. The molecule has 0 aromatic heterocycles. The Morgan fingerprint density at radius 3 is 2.67 bits per heavy atom. The maximum absolute atomic E-state index is 10.3. The highest BCUT2D eigenvalue weighted by Gasteiger charge is 2.23. The summed E-state index contributed by atoms with van der Waals surface area (Å²) in [4.78, 5) is 20.6. The Morgan fingerprint density at radius 2 is 2.44 bits per heavy atom. The first-order chi connectivity index (χ1) is 4.20. The first kappa shape index (κ1) is 5.87. The fourth-order valence-electron chi connectivity index (χ4n) is 0.627. The van der Waals surface area contributed by atoms with Crippen molar-refractivity contribution in [3.63, 3.8) is 0 Å². The SMILES string of the molecule is NC(=O)[C@H]1CNC(=O)N1. The van der Waals surface area contributed by atoms with E-state index < -0.39 is 11.9 Å². The summed E-state index contributed by atoms with van der Waals surface area (Å²) in [6, 6.07) is -0.865. The fraction of sp³-hybridized carbons (Fsp3) is 0.500. The summed E-state index contributed by atoms with van der Waals surface area (Å²) in [5.74, 6) is -0.506. The van der Waals surface area contributed by atoms with E-state index in [1.54, 1.807) is 0 Å². The van der Waals surface area contributed by atoms with Crippen molar-refractivity contribution in [3.8, 4) is 0 Å². The fourth-order valence-corrected chi connectivity index (χ4v) is 0.627. The van der Waals surface area contributed by atoms with Crippen LogP contribution in [0.4, 0.5) is 4.79 Å². The molecule has 1 aliphatic heterocycles. The predicted molar refractivity (Wildman–Crippen MR) is 29.5 cm³/mol. The normalized spacial score (nSPS) is 24.9. The topological polar surface area (TPSA) is 84.2 Å². The number of carbonyl (C=O) groups is 2. The molecule has 1 saturated heterocycles. The molecule has 0 aromatic carbocycles. The zero-order chi connectivity index (χ0) is 6.85. The zero-order valence-corrected chi connectivity index (χ0v) is 4.68. The van der Waals surface area contributed by atoms with E-state index in [0.29, 0.717) is 6.54 Å². The van der Waals surface area contributed by atoms with Gasteiger partial charge >= 0.3 is 6.03 Å². The molecular weight excluding hydrogens is 122 g/mol. The van der Waals surface area contributed by atoms with Crippen LogP contribution in [0.1, 0.15) is 0 Å². The van der Waals surface area contributed by atoms with Crippen LogP contribution in [0.25, 0.3) is 0 Å². The van der Waals surface area contributed by atoms with E-state index in [2.05, 4.69) is 10.6 Å². The highest BCUT2D eigenvalue weighted by Crippen LogP contribution is 1.86. The third-order valence-corrected chi connectivity index (χ3v) is 1.12. The van der Waals surface area contributed by atoms with Crippen molar-refractivity contribution in [2.24, 2.45) is 5.73 Å². The third-order valence-electron chi connectivity index (χ3n) is 1.12. The van der Waals surface area contributed by atoms with Crippen LogP contribution in [0.2, 0.25) is 0 Å². The maximum Gasteiger partial charge on any atom is 0.315 e. The van der Waals surface area contributed by atoms with Crippen molar-refractivity contribution in [2.45, 2.75) is 6.04 Å². The Morgan fingerprint density at radius 1 is 1.78 bits per heavy atom. The minimum Gasteiger partial charge on any atom is -0.368 e. The second-order valence-electron chi connectivity index (χ2n) is 1.81. The molecular formula is C4H7N3O2. The minimum absolute atomic E-state index is 0.300. The van der Waals surface area contributed by atoms with Crippen molar-refractivity contribution in [1.29, 1.82) is 0 Å². The first-order valence-electron chi connectivity index (χ1n) is 2.54. The average molecular weight is 129 g/mol. The Labute approximate surface area is 51.6 Å². The van der Waals surface area contributed by atoms with Crippen LogP contribution in [-0.4, -0.2) is 24.5 Å². The van der Waals surface area contributed by atoms with Gasteiger partial charge in [0.2, 0.25) is 5.91 Å². The smallest absolute Gasteiger partial charge is 0.315 e. The van der Waals surface area contributed by atoms with E-state index >= 15 is 0 Å². The number of amides is 3. The Hall–Kier alpha value is -1.26. The molecule has 3 amide bonds. The molecule has 50 valence electrons. The van der Waals surface area contributed by atoms with Crippen molar-refractivity contribution < 1.29 is 9.59 Å². The molecule has 4 N–H and O–H groups in total. The van der Waals surface area contributed by atoms with Crippen molar-refractivity contribution in [1.82, 2.24) is 10.6 Å². The summed E-state index contributed by atoms with van der Waals surface area (Å²) in [6.07, 6.45) is 0. The summed E-state index contributed by atoms with van der Waals surface area (Å²) in [5.41, 5.74) is 4.87. The first-order valence-corrected chi connectivity index (χ1v) is 2.54.